The van der Waals surface area contributed by atoms with E-state index in [1.807, 2.05) is 19.0 Å². The van der Waals surface area contributed by atoms with Gasteiger partial charge in [0.15, 0.2) is 0 Å². The SMILES string of the molecule is CN(C)CCCCNS(=O)(=O)c1ccc([N+](=O)[O-])c(N)c1. The van der Waals surface area contributed by atoms with Crippen molar-refractivity contribution in [1.82, 2.24) is 9.62 Å². The van der Waals surface area contributed by atoms with Crippen LogP contribution in [0.3, 0.4) is 0 Å². The lowest BCUT2D eigenvalue weighted by atomic mass is 10.3. The first-order chi connectivity index (χ1) is 9.74. The van der Waals surface area contributed by atoms with E-state index >= 15 is 0 Å². The molecule has 9 heteroatoms. The molecule has 1 rings (SSSR count). The van der Waals surface area contributed by atoms with Crippen LogP contribution in [0.2, 0.25) is 0 Å². The summed E-state index contributed by atoms with van der Waals surface area (Å²) in [6.45, 7) is 1.19. The Morgan fingerprint density at radius 1 is 1.33 bits per heavy atom. The summed E-state index contributed by atoms with van der Waals surface area (Å²) < 4.78 is 26.5. The summed E-state index contributed by atoms with van der Waals surface area (Å²) >= 11 is 0. The minimum Gasteiger partial charge on any atom is -0.393 e. The van der Waals surface area contributed by atoms with E-state index < -0.39 is 14.9 Å². The van der Waals surface area contributed by atoms with Gasteiger partial charge in [0, 0.05) is 12.6 Å². The highest BCUT2D eigenvalue weighted by Gasteiger charge is 2.18. The maximum absolute atomic E-state index is 12.0. The van der Waals surface area contributed by atoms with E-state index in [2.05, 4.69) is 4.72 Å². The Hall–Kier alpha value is -1.71. The number of hydrogen-bond acceptors (Lipinski definition) is 6. The number of anilines is 1. The van der Waals surface area contributed by atoms with Crippen molar-refractivity contribution in [3.05, 3.63) is 28.3 Å². The molecule has 118 valence electrons. The van der Waals surface area contributed by atoms with E-state index in [0.717, 1.165) is 25.1 Å². The van der Waals surface area contributed by atoms with Crippen molar-refractivity contribution in [2.75, 3.05) is 32.9 Å². The van der Waals surface area contributed by atoms with E-state index in [9.17, 15) is 18.5 Å². The van der Waals surface area contributed by atoms with Gasteiger partial charge in [-0.05, 0) is 45.6 Å². The standard InChI is InChI=1S/C12H20N4O4S/c1-15(2)8-4-3-7-14-21(19,20)10-5-6-12(16(17)18)11(13)9-10/h5-6,9,14H,3-4,7-8,13H2,1-2H3. The molecule has 0 aliphatic heterocycles. The number of nitrogens with one attached hydrogen (secondary N) is 1. The molecular formula is C12H20N4O4S. The number of nitrogen functional groups attached to an aromatic ring is 1. The highest BCUT2D eigenvalue weighted by Crippen LogP contribution is 2.24. The smallest absolute Gasteiger partial charge is 0.292 e. The van der Waals surface area contributed by atoms with Gasteiger partial charge >= 0.3 is 0 Å². The molecular weight excluding hydrogens is 296 g/mol. The Balaban J connectivity index is 2.66. The molecule has 0 bridgehead atoms. The second-order valence-corrected chi connectivity index (χ2v) is 6.65. The van der Waals surface area contributed by atoms with Gasteiger partial charge in [0.1, 0.15) is 5.69 Å². The van der Waals surface area contributed by atoms with Gasteiger partial charge in [0.25, 0.3) is 5.69 Å². The van der Waals surface area contributed by atoms with E-state index in [1.54, 1.807) is 0 Å². The highest BCUT2D eigenvalue weighted by atomic mass is 32.2. The lowest BCUT2D eigenvalue weighted by Gasteiger charge is -2.10. The summed E-state index contributed by atoms with van der Waals surface area (Å²) in [6.07, 6.45) is 1.58. The van der Waals surface area contributed by atoms with E-state index in [-0.39, 0.29) is 16.3 Å². The third-order valence-electron chi connectivity index (χ3n) is 2.83. The summed E-state index contributed by atoms with van der Waals surface area (Å²) in [4.78, 5) is 11.9. The van der Waals surface area contributed by atoms with Crippen molar-refractivity contribution < 1.29 is 13.3 Å². The molecule has 0 atom stereocenters. The molecule has 1 aromatic rings. The Morgan fingerprint density at radius 3 is 2.52 bits per heavy atom. The molecule has 0 saturated heterocycles. The van der Waals surface area contributed by atoms with Crippen molar-refractivity contribution in [3.63, 3.8) is 0 Å². The molecule has 1 aromatic carbocycles. The minimum absolute atomic E-state index is 0.0711. The number of nitro benzene ring substituents is 1. The number of nitrogens with two attached hydrogens (primary N) is 1. The second-order valence-electron chi connectivity index (χ2n) is 4.89. The zero-order valence-electron chi connectivity index (χ0n) is 12.1. The second kappa shape index (κ2) is 7.34. The lowest BCUT2D eigenvalue weighted by molar-refractivity contribution is -0.383. The predicted molar refractivity (Wildman–Crippen MR) is 80.5 cm³/mol. The van der Waals surface area contributed by atoms with Gasteiger partial charge in [0.05, 0.1) is 9.82 Å². The molecule has 0 fully saturated rings. The normalized spacial score (nSPS) is 11.8. The monoisotopic (exact) mass is 316 g/mol. The number of nitro groups is 1. The van der Waals surface area contributed by atoms with Crippen molar-refractivity contribution in [1.29, 1.82) is 0 Å². The molecule has 0 radical (unpaired) electrons. The van der Waals surface area contributed by atoms with Crippen LogP contribution in [-0.2, 0) is 10.0 Å². The molecule has 3 N–H and O–H groups in total. The van der Waals surface area contributed by atoms with Crippen LogP contribution in [0.4, 0.5) is 11.4 Å². The molecule has 21 heavy (non-hydrogen) atoms. The zero-order chi connectivity index (χ0) is 16.0. The summed E-state index contributed by atoms with van der Waals surface area (Å²) in [5.74, 6) is 0. The number of sulfonamides is 1. The Morgan fingerprint density at radius 2 is 2.00 bits per heavy atom. The van der Waals surface area contributed by atoms with Gasteiger partial charge in [-0.2, -0.15) is 0 Å². The first-order valence-electron chi connectivity index (χ1n) is 6.42. The summed E-state index contributed by atoms with van der Waals surface area (Å²) in [7, 11) is 0.204. The molecule has 0 heterocycles. The number of hydrogen-bond donors (Lipinski definition) is 2. The van der Waals surface area contributed by atoms with E-state index in [4.69, 9.17) is 5.73 Å². The molecule has 0 unspecified atom stereocenters. The van der Waals surface area contributed by atoms with Gasteiger partial charge in [0.2, 0.25) is 10.0 Å². The number of unbranched alkanes of at least 4 members (excludes halogenated alkanes) is 1. The highest BCUT2D eigenvalue weighted by molar-refractivity contribution is 7.89. The van der Waals surface area contributed by atoms with Crippen LogP contribution in [0.5, 0.6) is 0 Å². The largest absolute Gasteiger partial charge is 0.393 e. The van der Waals surface area contributed by atoms with Gasteiger partial charge in [-0.3, -0.25) is 10.1 Å². The van der Waals surface area contributed by atoms with Crippen LogP contribution in [0.15, 0.2) is 23.1 Å². The lowest BCUT2D eigenvalue weighted by Crippen LogP contribution is -2.25. The Bertz CT molecular complexity index is 601. The van der Waals surface area contributed by atoms with Crippen molar-refractivity contribution >= 4 is 21.4 Å². The molecule has 0 aliphatic carbocycles. The van der Waals surface area contributed by atoms with Crippen molar-refractivity contribution in [2.45, 2.75) is 17.7 Å². The van der Waals surface area contributed by atoms with Crippen molar-refractivity contribution in [3.8, 4) is 0 Å². The van der Waals surface area contributed by atoms with Crippen molar-refractivity contribution in [2.24, 2.45) is 0 Å². The predicted octanol–water partition coefficient (Wildman–Crippen LogP) is 0.797. The maximum Gasteiger partial charge on any atom is 0.292 e. The van der Waals surface area contributed by atoms with Crippen LogP contribution < -0.4 is 10.5 Å². The average Bonchev–Trinajstić information content (AvgIpc) is 2.37. The van der Waals surface area contributed by atoms with Gasteiger partial charge in [-0.15, -0.1) is 0 Å². The quantitative estimate of drug-likeness (QED) is 0.317. The number of nitrogens with zero attached hydrogens (tertiary/aromatic N) is 2. The third kappa shape index (κ3) is 5.29. The fraction of sp³-hybridized carbons (Fsp3) is 0.500. The molecule has 8 nitrogen and oxygen atoms in total. The van der Waals surface area contributed by atoms with Gasteiger partial charge < -0.3 is 10.6 Å². The fourth-order valence-electron chi connectivity index (χ4n) is 1.71. The van der Waals surface area contributed by atoms with Gasteiger partial charge in [-0.25, -0.2) is 13.1 Å². The summed E-state index contributed by atoms with van der Waals surface area (Å²) in [5.41, 5.74) is 5.01. The minimum atomic E-state index is -3.69. The van der Waals surface area contributed by atoms with Crippen LogP contribution in [0, 0.1) is 10.1 Å². The average molecular weight is 316 g/mol. The van der Waals surface area contributed by atoms with Crippen LogP contribution >= 0.6 is 0 Å². The first-order valence-corrected chi connectivity index (χ1v) is 7.90. The zero-order valence-corrected chi connectivity index (χ0v) is 12.9. The third-order valence-corrected chi connectivity index (χ3v) is 4.29. The molecule has 0 amide bonds. The van der Waals surface area contributed by atoms with Crippen LogP contribution in [0.1, 0.15) is 12.8 Å². The molecule has 0 spiro atoms. The molecule has 0 saturated carbocycles. The topological polar surface area (TPSA) is 119 Å². The van der Waals surface area contributed by atoms with E-state index in [0.29, 0.717) is 13.0 Å². The van der Waals surface area contributed by atoms with Crippen LogP contribution in [0.25, 0.3) is 0 Å². The number of rotatable bonds is 8. The fourth-order valence-corrected chi connectivity index (χ4v) is 2.82. The maximum atomic E-state index is 12.0. The van der Waals surface area contributed by atoms with Crippen LogP contribution in [-0.4, -0.2) is 45.4 Å². The summed E-state index contributed by atoms with van der Waals surface area (Å²) in [6, 6.07) is 3.37. The van der Waals surface area contributed by atoms with E-state index in [1.165, 1.54) is 6.07 Å². The molecule has 0 aliphatic rings. The first kappa shape index (κ1) is 17.3. The Labute approximate surface area is 124 Å². The summed E-state index contributed by atoms with van der Waals surface area (Å²) in [5, 5.41) is 10.6. The Kier molecular flexibility index (Phi) is 6.06. The number of benzene rings is 1. The van der Waals surface area contributed by atoms with Gasteiger partial charge in [-0.1, -0.05) is 0 Å². The molecule has 0 aromatic heterocycles.